The van der Waals surface area contributed by atoms with E-state index in [0.717, 1.165) is 16.8 Å². The van der Waals surface area contributed by atoms with E-state index in [1.807, 2.05) is 91.0 Å². The minimum atomic E-state index is -1.20. The Kier molecular flexibility index (Phi) is 5.26. The lowest BCUT2D eigenvalue weighted by Gasteiger charge is -2.29. The Morgan fingerprint density at radius 2 is 1.20 bits per heavy atom. The predicted octanol–water partition coefficient (Wildman–Crippen LogP) is 4.34. The van der Waals surface area contributed by atoms with E-state index in [4.69, 9.17) is 0 Å². The van der Waals surface area contributed by atoms with Gasteiger partial charge in [0.05, 0.1) is 0 Å². The van der Waals surface area contributed by atoms with Gasteiger partial charge in [0.1, 0.15) is 5.60 Å². The minimum Gasteiger partial charge on any atom is -0.380 e. The Balaban J connectivity index is 1.78. The number of hydrogen-bond acceptors (Lipinski definition) is 2. The largest absolute Gasteiger partial charge is 0.380 e. The molecule has 0 aliphatic carbocycles. The third kappa shape index (κ3) is 4.14. The number of hydrogen-bond donors (Lipinski definition) is 2. The second-order valence-electron chi connectivity index (χ2n) is 6.01. The van der Waals surface area contributed by atoms with Crippen molar-refractivity contribution in [2.24, 2.45) is 0 Å². The van der Waals surface area contributed by atoms with Crippen LogP contribution in [0.2, 0.25) is 0 Å². The summed E-state index contributed by atoms with van der Waals surface area (Å²) < 4.78 is 0. The summed E-state index contributed by atoms with van der Waals surface area (Å²) in [5.74, 6) is -0.114. The number of anilines is 1. The molecule has 0 aliphatic heterocycles. The molecular weight excluding hydrogens is 310 g/mol. The summed E-state index contributed by atoms with van der Waals surface area (Å²) in [5, 5.41) is 14.3. The first-order chi connectivity index (χ1) is 12.2. The summed E-state index contributed by atoms with van der Waals surface area (Å²) in [5.41, 5.74) is 1.13. The quantitative estimate of drug-likeness (QED) is 0.706. The highest BCUT2D eigenvalue weighted by atomic mass is 16.3. The zero-order chi connectivity index (χ0) is 17.5. The van der Waals surface area contributed by atoms with Gasteiger partial charge in [-0.05, 0) is 29.7 Å². The number of benzene rings is 3. The van der Waals surface area contributed by atoms with Crippen LogP contribution in [-0.4, -0.2) is 11.0 Å². The van der Waals surface area contributed by atoms with Crippen LogP contribution in [0.4, 0.5) is 5.69 Å². The van der Waals surface area contributed by atoms with Crippen molar-refractivity contribution in [1.82, 2.24) is 0 Å². The van der Waals surface area contributed by atoms with Crippen molar-refractivity contribution in [3.05, 3.63) is 102 Å². The number of aliphatic hydroxyl groups is 1. The lowest BCUT2D eigenvalue weighted by Crippen LogP contribution is -2.29. The van der Waals surface area contributed by atoms with Crippen LogP contribution >= 0.6 is 0 Å². The standard InChI is InChI=1S/C22H21NO2/c24-21(23-20-14-8-3-9-15-20)16-17-22(25,18-10-4-1-5-11-18)19-12-6-2-7-13-19/h1-15,25H,16-17H2,(H,23,24). The van der Waals surface area contributed by atoms with Crippen LogP contribution in [0.15, 0.2) is 91.0 Å². The van der Waals surface area contributed by atoms with Crippen molar-refractivity contribution < 1.29 is 9.90 Å². The number of carbonyl (C=O) groups excluding carboxylic acids is 1. The summed E-state index contributed by atoms with van der Waals surface area (Å²) in [6, 6.07) is 28.3. The molecule has 0 bridgehead atoms. The molecule has 0 heterocycles. The number of carbonyl (C=O) groups is 1. The van der Waals surface area contributed by atoms with E-state index in [-0.39, 0.29) is 12.3 Å². The molecule has 0 radical (unpaired) electrons. The highest BCUT2D eigenvalue weighted by Crippen LogP contribution is 2.34. The van der Waals surface area contributed by atoms with Crippen molar-refractivity contribution in [3.8, 4) is 0 Å². The molecule has 0 saturated heterocycles. The molecule has 3 rings (SSSR count). The zero-order valence-corrected chi connectivity index (χ0v) is 13.9. The molecule has 0 unspecified atom stereocenters. The van der Waals surface area contributed by atoms with Crippen LogP contribution < -0.4 is 5.32 Å². The maximum atomic E-state index is 12.3. The van der Waals surface area contributed by atoms with Crippen molar-refractivity contribution >= 4 is 11.6 Å². The van der Waals surface area contributed by atoms with Crippen LogP contribution in [0.5, 0.6) is 0 Å². The second-order valence-corrected chi connectivity index (χ2v) is 6.01. The van der Waals surface area contributed by atoms with Crippen molar-refractivity contribution in [2.45, 2.75) is 18.4 Å². The molecule has 126 valence electrons. The van der Waals surface area contributed by atoms with Gasteiger partial charge in [-0.25, -0.2) is 0 Å². The summed E-state index contributed by atoms with van der Waals surface area (Å²) in [6.45, 7) is 0. The average Bonchev–Trinajstić information content (AvgIpc) is 2.68. The van der Waals surface area contributed by atoms with Gasteiger partial charge in [-0.2, -0.15) is 0 Å². The fourth-order valence-electron chi connectivity index (χ4n) is 2.92. The normalized spacial score (nSPS) is 11.1. The molecule has 0 fully saturated rings. The number of para-hydroxylation sites is 1. The van der Waals surface area contributed by atoms with Gasteiger partial charge >= 0.3 is 0 Å². The molecule has 3 nitrogen and oxygen atoms in total. The number of amides is 1. The molecular formula is C22H21NO2. The zero-order valence-electron chi connectivity index (χ0n) is 13.9. The molecule has 25 heavy (non-hydrogen) atoms. The van der Waals surface area contributed by atoms with Crippen LogP contribution in [0, 0.1) is 0 Å². The molecule has 0 saturated carbocycles. The molecule has 3 aromatic rings. The van der Waals surface area contributed by atoms with Gasteiger partial charge in [0, 0.05) is 12.1 Å². The summed E-state index contributed by atoms with van der Waals surface area (Å²) >= 11 is 0. The van der Waals surface area contributed by atoms with E-state index in [1.165, 1.54) is 0 Å². The van der Waals surface area contributed by atoms with Crippen molar-refractivity contribution in [2.75, 3.05) is 5.32 Å². The van der Waals surface area contributed by atoms with Gasteiger partial charge in [-0.3, -0.25) is 4.79 Å². The number of nitrogens with one attached hydrogen (secondary N) is 1. The first-order valence-electron chi connectivity index (χ1n) is 8.37. The predicted molar refractivity (Wildman–Crippen MR) is 100 cm³/mol. The molecule has 0 spiro atoms. The van der Waals surface area contributed by atoms with E-state index in [2.05, 4.69) is 5.32 Å². The fourth-order valence-corrected chi connectivity index (χ4v) is 2.92. The highest BCUT2D eigenvalue weighted by Gasteiger charge is 2.31. The third-order valence-corrected chi connectivity index (χ3v) is 4.27. The topological polar surface area (TPSA) is 49.3 Å². The Labute approximate surface area is 148 Å². The third-order valence-electron chi connectivity index (χ3n) is 4.27. The van der Waals surface area contributed by atoms with E-state index in [9.17, 15) is 9.90 Å². The molecule has 2 N–H and O–H groups in total. The summed E-state index contributed by atoms with van der Waals surface area (Å²) in [7, 11) is 0. The molecule has 3 heteroatoms. The SMILES string of the molecule is O=C(CCC(O)(c1ccccc1)c1ccccc1)Nc1ccccc1. The molecule has 0 aliphatic rings. The van der Waals surface area contributed by atoms with Crippen LogP contribution in [0.25, 0.3) is 0 Å². The Hall–Kier alpha value is -2.91. The van der Waals surface area contributed by atoms with Crippen LogP contribution in [0.1, 0.15) is 24.0 Å². The Bertz CT molecular complexity index is 762. The highest BCUT2D eigenvalue weighted by molar-refractivity contribution is 5.90. The average molecular weight is 331 g/mol. The van der Waals surface area contributed by atoms with Crippen LogP contribution in [0.3, 0.4) is 0 Å². The van der Waals surface area contributed by atoms with Gasteiger partial charge in [-0.1, -0.05) is 78.9 Å². The van der Waals surface area contributed by atoms with E-state index in [1.54, 1.807) is 0 Å². The molecule has 0 aromatic heterocycles. The lowest BCUT2D eigenvalue weighted by molar-refractivity contribution is -0.117. The van der Waals surface area contributed by atoms with Gasteiger partial charge < -0.3 is 10.4 Å². The second kappa shape index (κ2) is 7.77. The van der Waals surface area contributed by atoms with E-state index < -0.39 is 5.60 Å². The first kappa shape index (κ1) is 16.9. The van der Waals surface area contributed by atoms with E-state index in [0.29, 0.717) is 6.42 Å². The lowest BCUT2D eigenvalue weighted by atomic mass is 9.82. The Morgan fingerprint density at radius 3 is 1.68 bits per heavy atom. The summed E-state index contributed by atoms with van der Waals surface area (Å²) in [6.07, 6.45) is 0.523. The van der Waals surface area contributed by atoms with Gasteiger partial charge in [0.25, 0.3) is 0 Å². The Morgan fingerprint density at radius 1 is 0.760 bits per heavy atom. The summed E-state index contributed by atoms with van der Waals surface area (Å²) in [4.78, 5) is 12.3. The van der Waals surface area contributed by atoms with E-state index >= 15 is 0 Å². The minimum absolute atomic E-state index is 0.114. The molecule has 3 aromatic carbocycles. The molecule has 1 amide bonds. The first-order valence-corrected chi connectivity index (χ1v) is 8.37. The van der Waals surface area contributed by atoms with Gasteiger partial charge in [0.15, 0.2) is 0 Å². The fraction of sp³-hybridized carbons (Fsp3) is 0.136. The van der Waals surface area contributed by atoms with Crippen molar-refractivity contribution in [1.29, 1.82) is 0 Å². The van der Waals surface area contributed by atoms with Crippen molar-refractivity contribution in [3.63, 3.8) is 0 Å². The molecule has 0 atom stereocenters. The van der Waals surface area contributed by atoms with Gasteiger partial charge in [-0.15, -0.1) is 0 Å². The maximum absolute atomic E-state index is 12.3. The monoisotopic (exact) mass is 331 g/mol. The maximum Gasteiger partial charge on any atom is 0.224 e. The number of rotatable bonds is 6. The smallest absolute Gasteiger partial charge is 0.224 e. The van der Waals surface area contributed by atoms with Crippen LogP contribution in [-0.2, 0) is 10.4 Å². The van der Waals surface area contributed by atoms with Gasteiger partial charge in [0.2, 0.25) is 5.91 Å².